The molecule has 0 aromatic carbocycles. The third-order valence-electron chi connectivity index (χ3n) is 4.43. The Morgan fingerprint density at radius 1 is 0.650 bits per heavy atom. The molecule has 0 bridgehead atoms. The molecule has 0 amide bonds. The molecule has 122 valence electrons. The van der Waals surface area contributed by atoms with Crippen molar-refractivity contribution in [3.63, 3.8) is 0 Å². The lowest BCUT2D eigenvalue weighted by Crippen LogP contribution is -2.33. The van der Waals surface area contributed by atoms with Gasteiger partial charge in [0.25, 0.3) is 0 Å². The molecule has 20 heavy (non-hydrogen) atoms. The van der Waals surface area contributed by atoms with Crippen LogP contribution < -0.4 is 10.6 Å². The Morgan fingerprint density at radius 2 is 1.05 bits per heavy atom. The molecule has 0 radical (unpaired) electrons. The smallest absolute Gasteiger partial charge is 0.00768 e. The second-order valence-corrected chi connectivity index (χ2v) is 6.24. The fraction of sp³-hybridized carbons (Fsp3) is 1.00. The molecule has 0 heterocycles. The van der Waals surface area contributed by atoms with Crippen LogP contribution in [0, 0.1) is 11.8 Å². The summed E-state index contributed by atoms with van der Waals surface area (Å²) < 4.78 is 0. The van der Waals surface area contributed by atoms with Gasteiger partial charge in [0, 0.05) is 13.1 Å². The fourth-order valence-corrected chi connectivity index (χ4v) is 2.68. The maximum Gasteiger partial charge on any atom is 0.00768 e. The molecule has 2 atom stereocenters. The molecule has 2 N–H and O–H groups in total. The van der Waals surface area contributed by atoms with Gasteiger partial charge in [0.1, 0.15) is 0 Å². The van der Waals surface area contributed by atoms with Gasteiger partial charge in [-0.05, 0) is 37.8 Å². The number of rotatable bonds is 15. The van der Waals surface area contributed by atoms with E-state index in [0.29, 0.717) is 0 Å². The van der Waals surface area contributed by atoms with Crippen LogP contribution in [-0.4, -0.2) is 26.2 Å². The van der Waals surface area contributed by atoms with Crippen molar-refractivity contribution >= 4 is 0 Å². The van der Waals surface area contributed by atoms with E-state index in [4.69, 9.17) is 0 Å². The Kier molecular flexibility index (Phi) is 15.3. The molecule has 0 saturated carbocycles. The van der Waals surface area contributed by atoms with E-state index in [0.717, 1.165) is 24.9 Å². The van der Waals surface area contributed by atoms with Gasteiger partial charge in [0.2, 0.25) is 0 Å². The molecule has 0 aliphatic heterocycles. The van der Waals surface area contributed by atoms with Gasteiger partial charge in [-0.2, -0.15) is 0 Å². The van der Waals surface area contributed by atoms with Crippen molar-refractivity contribution in [1.29, 1.82) is 0 Å². The first-order valence-electron chi connectivity index (χ1n) is 9.19. The van der Waals surface area contributed by atoms with E-state index in [9.17, 15) is 0 Å². The molecular formula is C18H40N2. The van der Waals surface area contributed by atoms with E-state index in [2.05, 4.69) is 38.3 Å². The first-order chi connectivity index (χ1) is 9.78. The van der Waals surface area contributed by atoms with Crippen LogP contribution >= 0.6 is 0 Å². The lowest BCUT2D eigenvalue weighted by Gasteiger charge is -2.17. The van der Waals surface area contributed by atoms with Crippen LogP contribution in [0.15, 0.2) is 0 Å². The monoisotopic (exact) mass is 284 g/mol. The molecule has 0 aliphatic carbocycles. The maximum absolute atomic E-state index is 3.62. The van der Waals surface area contributed by atoms with Crippen molar-refractivity contribution in [2.24, 2.45) is 11.8 Å². The number of hydrogen-bond donors (Lipinski definition) is 2. The van der Waals surface area contributed by atoms with E-state index in [1.165, 1.54) is 64.5 Å². The zero-order valence-corrected chi connectivity index (χ0v) is 14.6. The van der Waals surface area contributed by atoms with Crippen LogP contribution in [0.25, 0.3) is 0 Å². The molecular weight excluding hydrogens is 244 g/mol. The number of nitrogens with one attached hydrogen (secondary N) is 2. The Morgan fingerprint density at radius 3 is 1.35 bits per heavy atom. The largest absolute Gasteiger partial charge is 0.315 e. The quantitative estimate of drug-likeness (QED) is 0.430. The van der Waals surface area contributed by atoms with Crippen molar-refractivity contribution in [3.05, 3.63) is 0 Å². The van der Waals surface area contributed by atoms with Crippen LogP contribution in [-0.2, 0) is 0 Å². The molecule has 0 rings (SSSR count). The lowest BCUT2D eigenvalue weighted by molar-refractivity contribution is 0.401. The van der Waals surface area contributed by atoms with Crippen molar-refractivity contribution in [2.75, 3.05) is 26.2 Å². The van der Waals surface area contributed by atoms with Gasteiger partial charge in [-0.15, -0.1) is 0 Å². The van der Waals surface area contributed by atoms with Gasteiger partial charge in [-0.1, -0.05) is 66.2 Å². The van der Waals surface area contributed by atoms with Gasteiger partial charge < -0.3 is 10.6 Å². The van der Waals surface area contributed by atoms with Gasteiger partial charge >= 0.3 is 0 Å². The molecule has 2 nitrogen and oxygen atoms in total. The summed E-state index contributed by atoms with van der Waals surface area (Å²) in [5, 5.41) is 7.24. The van der Waals surface area contributed by atoms with Gasteiger partial charge in [0.05, 0.1) is 0 Å². The summed E-state index contributed by atoms with van der Waals surface area (Å²) >= 11 is 0. The first-order valence-corrected chi connectivity index (χ1v) is 9.19. The number of unbranched alkanes of at least 4 members (excludes halogenated alkanes) is 2. The van der Waals surface area contributed by atoms with E-state index in [1.807, 2.05) is 0 Å². The summed E-state index contributed by atoms with van der Waals surface area (Å²) in [6.45, 7) is 13.8. The summed E-state index contributed by atoms with van der Waals surface area (Å²) in [6, 6.07) is 0. The Bertz CT molecular complexity index is 162. The highest BCUT2D eigenvalue weighted by atomic mass is 14.9. The fourth-order valence-electron chi connectivity index (χ4n) is 2.68. The summed E-state index contributed by atoms with van der Waals surface area (Å²) in [6.07, 6.45) is 10.8. The van der Waals surface area contributed by atoms with Crippen molar-refractivity contribution in [1.82, 2.24) is 10.6 Å². The topological polar surface area (TPSA) is 24.1 Å². The normalized spacial score (nSPS) is 14.4. The second-order valence-electron chi connectivity index (χ2n) is 6.24. The molecule has 0 aliphatic rings. The van der Waals surface area contributed by atoms with Gasteiger partial charge in [0.15, 0.2) is 0 Å². The average molecular weight is 285 g/mol. The first kappa shape index (κ1) is 19.9. The molecule has 0 spiro atoms. The average Bonchev–Trinajstić information content (AvgIpc) is 2.48. The van der Waals surface area contributed by atoms with Crippen molar-refractivity contribution in [3.8, 4) is 0 Å². The SMILES string of the molecule is CCCCC(CC)CNCCNCC(CC)CCCC. The highest BCUT2D eigenvalue weighted by molar-refractivity contribution is 4.64. The molecule has 0 aromatic heterocycles. The molecule has 0 fully saturated rings. The van der Waals surface area contributed by atoms with Crippen LogP contribution in [0.2, 0.25) is 0 Å². The highest BCUT2D eigenvalue weighted by Gasteiger charge is 2.06. The Hall–Kier alpha value is -0.0800. The second kappa shape index (κ2) is 15.3. The predicted octanol–water partition coefficient (Wildman–Crippen LogP) is 4.60. The third-order valence-corrected chi connectivity index (χ3v) is 4.43. The minimum absolute atomic E-state index is 0.878. The predicted molar refractivity (Wildman–Crippen MR) is 92.4 cm³/mol. The zero-order valence-electron chi connectivity index (χ0n) is 14.6. The van der Waals surface area contributed by atoms with Crippen LogP contribution in [0.5, 0.6) is 0 Å². The summed E-state index contributed by atoms with van der Waals surface area (Å²) in [5.74, 6) is 1.76. The summed E-state index contributed by atoms with van der Waals surface area (Å²) in [7, 11) is 0. The minimum atomic E-state index is 0.878. The minimum Gasteiger partial charge on any atom is -0.315 e. The van der Waals surface area contributed by atoms with Crippen molar-refractivity contribution in [2.45, 2.75) is 79.1 Å². The molecule has 0 saturated heterocycles. The zero-order chi connectivity index (χ0) is 15.1. The lowest BCUT2D eigenvalue weighted by atomic mass is 9.99. The summed E-state index contributed by atoms with van der Waals surface area (Å²) in [4.78, 5) is 0. The van der Waals surface area contributed by atoms with Crippen LogP contribution in [0.4, 0.5) is 0 Å². The maximum atomic E-state index is 3.62. The van der Waals surface area contributed by atoms with E-state index in [1.54, 1.807) is 0 Å². The molecule has 2 unspecified atom stereocenters. The van der Waals surface area contributed by atoms with Crippen molar-refractivity contribution < 1.29 is 0 Å². The van der Waals surface area contributed by atoms with Gasteiger partial charge in [-0.25, -0.2) is 0 Å². The van der Waals surface area contributed by atoms with E-state index >= 15 is 0 Å². The van der Waals surface area contributed by atoms with E-state index in [-0.39, 0.29) is 0 Å². The van der Waals surface area contributed by atoms with Gasteiger partial charge in [-0.3, -0.25) is 0 Å². The van der Waals surface area contributed by atoms with E-state index < -0.39 is 0 Å². The van der Waals surface area contributed by atoms with Crippen LogP contribution in [0.3, 0.4) is 0 Å². The Balaban J connectivity index is 3.45. The summed E-state index contributed by atoms with van der Waals surface area (Å²) in [5.41, 5.74) is 0. The molecule has 2 heteroatoms. The highest BCUT2D eigenvalue weighted by Crippen LogP contribution is 2.11. The molecule has 0 aromatic rings. The van der Waals surface area contributed by atoms with Crippen LogP contribution in [0.1, 0.15) is 79.1 Å². The standard InChI is InChI=1S/C18H40N2/c1-5-9-11-17(7-3)15-19-13-14-20-16-18(8-4)12-10-6-2/h17-20H,5-16H2,1-4H3. The Labute approximate surface area is 128 Å². The number of hydrogen-bond acceptors (Lipinski definition) is 2. The third kappa shape index (κ3) is 11.7.